The van der Waals surface area contributed by atoms with Gasteiger partial charge in [-0.25, -0.2) is 0 Å². The van der Waals surface area contributed by atoms with Crippen molar-refractivity contribution in [2.45, 2.75) is 19.4 Å². The molecule has 0 bridgehead atoms. The molecule has 0 radical (unpaired) electrons. The lowest BCUT2D eigenvalue weighted by molar-refractivity contribution is -0.129. The summed E-state index contributed by atoms with van der Waals surface area (Å²) in [7, 11) is 0. The molecule has 1 amide bonds. The second-order valence-electron chi connectivity index (χ2n) is 4.73. The molecule has 1 aromatic heterocycles. The number of fused-ring (bicyclic) bond motifs is 3. The van der Waals surface area contributed by atoms with Crippen molar-refractivity contribution >= 4 is 38.4 Å². The lowest BCUT2D eigenvalue weighted by atomic mass is 10.1. The van der Waals surface area contributed by atoms with Gasteiger partial charge in [0.1, 0.15) is 5.69 Å². The summed E-state index contributed by atoms with van der Waals surface area (Å²) in [6.45, 7) is 3.49. The standard InChI is InChI=1S/C13H11BrN2O2/c1-13(2)12(17)16-10-6-15-9-4-3-7(14)5-8(9)11(10)18-13/h3-6H,1-2H3,(H,16,17). The van der Waals surface area contributed by atoms with Gasteiger partial charge < -0.3 is 10.1 Å². The van der Waals surface area contributed by atoms with E-state index in [2.05, 4.69) is 26.2 Å². The highest BCUT2D eigenvalue weighted by molar-refractivity contribution is 9.10. The van der Waals surface area contributed by atoms with E-state index in [0.717, 1.165) is 15.4 Å². The lowest BCUT2D eigenvalue weighted by Crippen LogP contribution is -2.45. The summed E-state index contributed by atoms with van der Waals surface area (Å²) in [5, 5.41) is 3.70. The number of amides is 1. The van der Waals surface area contributed by atoms with E-state index in [0.29, 0.717) is 11.4 Å². The minimum absolute atomic E-state index is 0.161. The predicted octanol–water partition coefficient (Wildman–Crippen LogP) is 3.11. The van der Waals surface area contributed by atoms with Crippen molar-refractivity contribution in [3.8, 4) is 5.75 Å². The Morgan fingerprint density at radius 2 is 2.17 bits per heavy atom. The zero-order valence-corrected chi connectivity index (χ0v) is 11.5. The van der Waals surface area contributed by atoms with Gasteiger partial charge in [-0.05, 0) is 32.0 Å². The Balaban J connectivity index is 2.29. The Kier molecular flexibility index (Phi) is 2.35. The van der Waals surface area contributed by atoms with Crippen LogP contribution >= 0.6 is 15.9 Å². The Morgan fingerprint density at radius 3 is 2.94 bits per heavy atom. The monoisotopic (exact) mass is 306 g/mol. The van der Waals surface area contributed by atoms with E-state index in [-0.39, 0.29) is 5.91 Å². The molecule has 0 fully saturated rings. The highest BCUT2D eigenvalue weighted by atomic mass is 79.9. The van der Waals surface area contributed by atoms with Crippen LogP contribution in [-0.4, -0.2) is 16.5 Å². The molecule has 0 saturated carbocycles. The second kappa shape index (κ2) is 3.68. The molecule has 2 heterocycles. The van der Waals surface area contributed by atoms with Crippen molar-refractivity contribution in [3.05, 3.63) is 28.9 Å². The molecule has 1 N–H and O–H groups in total. The average Bonchev–Trinajstić information content (AvgIpc) is 2.31. The molecule has 5 heteroatoms. The van der Waals surface area contributed by atoms with Crippen LogP contribution in [0.4, 0.5) is 5.69 Å². The van der Waals surface area contributed by atoms with Crippen LogP contribution in [0, 0.1) is 0 Å². The Labute approximate surface area is 112 Å². The quantitative estimate of drug-likeness (QED) is 0.813. The zero-order chi connectivity index (χ0) is 12.9. The maximum atomic E-state index is 11.8. The Bertz CT molecular complexity index is 667. The summed E-state index contributed by atoms with van der Waals surface area (Å²) in [4.78, 5) is 16.1. The summed E-state index contributed by atoms with van der Waals surface area (Å²) in [6.07, 6.45) is 1.62. The van der Waals surface area contributed by atoms with Gasteiger partial charge in [0.2, 0.25) is 0 Å². The van der Waals surface area contributed by atoms with E-state index in [1.165, 1.54) is 0 Å². The van der Waals surface area contributed by atoms with Gasteiger partial charge in [-0.15, -0.1) is 0 Å². The number of carbonyl (C=O) groups is 1. The summed E-state index contributed by atoms with van der Waals surface area (Å²) in [6, 6.07) is 5.77. The Morgan fingerprint density at radius 1 is 1.39 bits per heavy atom. The maximum absolute atomic E-state index is 11.8. The number of carbonyl (C=O) groups excluding carboxylic acids is 1. The van der Waals surface area contributed by atoms with Gasteiger partial charge in [-0.3, -0.25) is 9.78 Å². The molecule has 2 aromatic rings. The van der Waals surface area contributed by atoms with Crippen molar-refractivity contribution in [1.82, 2.24) is 4.98 Å². The molecule has 0 saturated heterocycles. The molecule has 92 valence electrons. The molecule has 0 aliphatic carbocycles. The van der Waals surface area contributed by atoms with Crippen molar-refractivity contribution < 1.29 is 9.53 Å². The molecule has 0 spiro atoms. The first-order chi connectivity index (χ1) is 8.47. The van der Waals surface area contributed by atoms with Gasteiger partial charge >= 0.3 is 0 Å². The third kappa shape index (κ3) is 1.66. The summed E-state index contributed by atoms with van der Waals surface area (Å²) < 4.78 is 6.77. The van der Waals surface area contributed by atoms with E-state index in [1.807, 2.05) is 18.2 Å². The second-order valence-corrected chi connectivity index (χ2v) is 5.64. The molecule has 18 heavy (non-hydrogen) atoms. The number of halogens is 1. The SMILES string of the molecule is CC1(C)Oc2c(cnc3ccc(Br)cc23)NC1=O. The van der Waals surface area contributed by atoms with Crippen LogP contribution in [0.15, 0.2) is 28.9 Å². The predicted molar refractivity (Wildman–Crippen MR) is 72.8 cm³/mol. The number of hydrogen-bond donors (Lipinski definition) is 1. The number of aromatic nitrogens is 1. The summed E-state index contributed by atoms with van der Waals surface area (Å²) in [5.41, 5.74) is 0.581. The third-order valence-electron chi connectivity index (χ3n) is 2.93. The molecule has 1 aliphatic heterocycles. The Hall–Kier alpha value is -1.62. The smallest absolute Gasteiger partial charge is 0.268 e. The van der Waals surface area contributed by atoms with Crippen molar-refractivity contribution in [3.63, 3.8) is 0 Å². The minimum atomic E-state index is -0.871. The number of nitrogens with zero attached hydrogens (tertiary/aromatic N) is 1. The number of anilines is 1. The number of ether oxygens (including phenoxy) is 1. The highest BCUT2D eigenvalue weighted by Gasteiger charge is 2.36. The molecular formula is C13H11BrN2O2. The first-order valence-electron chi connectivity index (χ1n) is 5.56. The van der Waals surface area contributed by atoms with Gasteiger partial charge in [0.25, 0.3) is 5.91 Å². The molecule has 0 atom stereocenters. The fourth-order valence-electron chi connectivity index (χ4n) is 1.91. The lowest BCUT2D eigenvalue weighted by Gasteiger charge is -2.32. The van der Waals surface area contributed by atoms with Crippen LogP contribution in [0.3, 0.4) is 0 Å². The fraction of sp³-hybridized carbons (Fsp3) is 0.231. The van der Waals surface area contributed by atoms with Crippen LogP contribution < -0.4 is 10.1 Å². The summed E-state index contributed by atoms with van der Waals surface area (Å²) >= 11 is 3.43. The van der Waals surface area contributed by atoms with Crippen LogP contribution in [0.1, 0.15) is 13.8 Å². The molecular weight excluding hydrogens is 296 g/mol. The van der Waals surface area contributed by atoms with Gasteiger partial charge in [0.15, 0.2) is 11.4 Å². The fourth-order valence-corrected chi connectivity index (χ4v) is 2.27. The topological polar surface area (TPSA) is 51.2 Å². The first-order valence-corrected chi connectivity index (χ1v) is 6.35. The van der Waals surface area contributed by atoms with Crippen LogP contribution in [0.2, 0.25) is 0 Å². The van der Waals surface area contributed by atoms with E-state index in [9.17, 15) is 4.79 Å². The molecule has 3 rings (SSSR count). The zero-order valence-electron chi connectivity index (χ0n) is 9.95. The number of pyridine rings is 1. The third-order valence-corrected chi connectivity index (χ3v) is 3.43. The number of rotatable bonds is 0. The van der Waals surface area contributed by atoms with E-state index < -0.39 is 5.60 Å². The number of nitrogens with one attached hydrogen (secondary N) is 1. The normalized spacial score (nSPS) is 16.9. The summed E-state index contributed by atoms with van der Waals surface area (Å²) in [5.74, 6) is 0.511. The van der Waals surface area contributed by atoms with E-state index in [1.54, 1.807) is 20.0 Å². The van der Waals surface area contributed by atoms with E-state index >= 15 is 0 Å². The average molecular weight is 307 g/mol. The van der Waals surface area contributed by atoms with E-state index in [4.69, 9.17) is 4.74 Å². The minimum Gasteiger partial charge on any atom is -0.475 e. The van der Waals surface area contributed by atoms with Gasteiger partial charge in [0, 0.05) is 9.86 Å². The van der Waals surface area contributed by atoms with Crippen molar-refractivity contribution in [1.29, 1.82) is 0 Å². The number of hydrogen-bond acceptors (Lipinski definition) is 3. The van der Waals surface area contributed by atoms with Crippen LogP contribution in [-0.2, 0) is 4.79 Å². The van der Waals surface area contributed by atoms with Crippen molar-refractivity contribution in [2.24, 2.45) is 0 Å². The van der Waals surface area contributed by atoms with Gasteiger partial charge in [-0.2, -0.15) is 0 Å². The molecule has 4 nitrogen and oxygen atoms in total. The van der Waals surface area contributed by atoms with Crippen LogP contribution in [0.5, 0.6) is 5.75 Å². The highest BCUT2D eigenvalue weighted by Crippen LogP contribution is 2.39. The molecule has 1 aromatic carbocycles. The van der Waals surface area contributed by atoms with Crippen molar-refractivity contribution in [2.75, 3.05) is 5.32 Å². The molecule has 0 unspecified atom stereocenters. The molecule has 1 aliphatic rings. The first kappa shape index (κ1) is 11.5. The largest absolute Gasteiger partial charge is 0.475 e. The number of benzene rings is 1. The maximum Gasteiger partial charge on any atom is 0.268 e. The van der Waals surface area contributed by atoms with Gasteiger partial charge in [0.05, 0.1) is 11.7 Å². The van der Waals surface area contributed by atoms with Crippen LogP contribution in [0.25, 0.3) is 10.9 Å². The van der Waals surface area contributed by atoms with Gasteiger partial charge in [-0.1, -0.05) is 15.9 Å².